The van der Waals surface area contributed by atoms with Gasteiger partial charge in [0.1, 0.15) is 23.2 Å². The number of nitrogens with zero attached hydrogens (tertiary/aromatic N) is 3. The predicted octanol–water partition coefficient (Wildman–Crippen LogP) is 3.66. The number of hydrogen-bond donors (Lipinski definition) is 2. The number of aryl methyl sites for hydroxylation is 2. The Morgan fingerprint density at radius 2 is 1.96 bits per heavy atom. The van der Waals surface area contributed by atoms with E-state index in [1.807, 2.05) is 61.0 Å². The van der Waals surface area contributed by atoms with Crippen LogP contribution in [-0.4, -0.2) is 34.1 Å². The van der Waals surface area contributed by atoms with Crippen LogP contribution in [0.1, 0.15) is 11.4 Å². The number of hydrogen-bond acceptors (Lipinski definition) is 4. The maximum absolute atomic E-state index is 10.6. The molecule has 0 fully saturated rings. The summed E-state index contributed by atoms with van der Waals surface area (Å²) < 4.78 is 7.33. The Labute approximate surface area is 151 Å². The van der Waals surface area contributed by atoms with Crippen LogP contribution in [0.25, 0.3) is 16.6 Å². The number of imidazole rings is 1. The zero-order valence-corrected chi connectivity index (χ0v) is 14.9. The standard InChI is InChI=1S/C20H20N4O2/c1-12-8-9-14-13(10-12)22-20(23(14)2)18-16(25)11-24(19(18)21)15-6-4-5-7-17(15)26-3/h4-10,21,25H,11H2,1-3H3. The fraction of sp³-hybridized carbons (Fsp3) is 0.200. The smallest absolute Gasteiger partial charge is 0.148 e. The molecule has 0 aliphatic carbocycles. The van der Waals surface area contributed by atoms with Gasteiger partial charge < -0.3 is 19.3 Å². The number of para-hydroxylation sites is 2. The van der Waals surface area contributed by atoms with Crippen LogP contribution in [0.15, 0.2) is 48.2 Å². The molecule has 1 aliphatic heterocycles. The first-order valence-electron chi connectivity index (χ1n) is 8.36. The highest BCUT2D eigenvalue weighted by atomic mass is 16.5. The first-order chi connectivity index (χ1) is 12.5. The zero-order chi connectivity index (χ0) is 18.4. The first kappa shape index (κ1) is 16.2. The average Bonchev–Trinajstić information content (AvgIpc) is 3.10. The topological polar surface area (TPSA) is 74.4 Å². The Morgan fingerprint density at radius 1 is 1.19 bits per heavy atom. The van der Waals surface area contributed by atoms with Gasteiger partial charge in [0.2, 0.25) is 0 Å². The van der Waals surface area contributed by atoms with Gasteiger partial charge in [0.25, 0.3) is 0 Å². The fourth-order valence-electron chi connectivity index (χ4n) is 3.41. The van der Waals surface area contributed by atoms with Crippen molar-refractivity contribution >= 4 is 28.1 Å². The molecule has 0 saturated carbocycles. The van der Waals surface area contributed by atoms with Crippen LogP contribution in [0.5, 0.6) is 5.75 Å². The van der Waals surface area contributed by atoms with Crippen LogP contribution in [0.2, 0.25) is 0 Å². The summed E-state index contributed by atoms with van der Waals surface area (Å²) in [5, 5.41) is 19.3. The summed E-state index contributed by atoms with van der Waals surface area (Å²) in [6.45, 7) is 2.24. The van der Waals surface area contributed by atoms with Crippen molar-refractivity contribution in [3.05, 3.63) is 59.6 Å². The summed E-state index contributed by atoms with van der Waals surface area (Å²) in [4.78, 5) is 6.40. The number of rotatable bonds is 3. The van der Waals surface area contributed by atoms with E-state index in [0.717, 1.165) is 22.3 Å². The summed E-state index contributed by atoms with van der Waals surface area (Å²) >= 11 is 0. The average molecular weight is 348 g/mol. The van der Waals surface area contributed by atoms with Crippen molar-refractivity contribution < 1.29 is 9.84 Å². The monoisotopic (exact) mass is 348 g/mol. The van der Waals surface area contributed by atoms with Gasteiger partial charge >= 0.3 is 0 Å². The fourth-order valence-corrected chi connectivity index (χ4v) is 3.41. The van der Waals surface area contributed by atoms with Gasteiger partial charge in [0.15, 0.2) is 0 Å². The van der Waals surface area contributed by atoms with E-state index < -0.39 is 0 Å². The maximum Gasteiger partial charge on any atom is 0.148 e. The van der Waals surface area contributed by atoms with Crippen LogP contribution in [0, 0.1) is 12.3 Å². The minimum Gasteiger partial charge on any atom is -0.509 e. The molecule has 0 saturated heterocycles. The largest absolute Gasteiger partial charge is 0.509 e. The van der Waals surface area contributed by atoms with Gasteiger partial charge in [-0.3, -0.25) is 5.41 Å². The van der Waals surface area contributed by atoms with Crippen LogP contribution in [-0.2, 0) is 7.05 Å². The van der Waals surface area contributed by atoms with Crippen molar-refractivity contribution in [1.29, 1.82) is 5.41 Å². The Kier molecular flexibility index (Phi) is 3.68. The van der Waals surface area contributed by atoms with Crippen LogP contribution in [0.4, 0.5) is 5.69 Å². The van der Waals surface area contributed by atoms with Crippen molar-refractivity contribution in [1.82, 2.24) is 9.55 Å². The summed E-state index contributed by atoms with van der Waals surface area (Å²) in [7, 11) is 3.50. The Bertz CT molecular complexity index is 1060. The lowest BCUT2D eigenvalue weighted by Gasteiger charge is -2.21. The maximum atomic E-state index is 10.6. The van der Waals surface area contributed by atoms with E-state index in [9.17, 15) is 5.11 Å². The van der Waals surface area contributed by atoms with Crippen molar-refractivity contribution in [3.63, 3.8) is 0 Å². The highest BCUT2D eigenvalue weighted by Crippen LogP contribution is 2.36. The van der Waals surface area contributed by atoms with E-state index in [4.69, 9.17) is 10.1 Å². The molecule has 4 rings (SSSR count). The predicted molar refractivity (Wildman–Crippen MR) is 103 cm³/mol. The molecule has 0 radical (unpaired) electrons. The summed E-state index contributed by atoms with van der Waals surface area (Å²) in [5.74, 6) is 1.59. The lowest BCUT2D eigenvalue weighted by atomic mass is 10.2. The highest BCUT2D eigenvalue weighted by molar-refractivity contribution is 6.30. The molecule has 0 unspecified atom stereocenters. The molecule has 2 heterocycles. The molecule has 2 aromatic carbocycles. The molecule has 0 spiro atoms. The van der Waals surface area contributed by atoms with Gasteiger partial charge in [-0.1, -0.05) is 18.2 Å². The number of anilines is 1. The number of fused-ring (bicyclic) bond motifs is 1. The number of aliphatic hydroxyl groups is 1. The molecule has 0 amide bonds. The third-order valence-electron chi connectivity index (χ3n) is 4.74. The second kappa shape index (κ2) is 5.91. The molecule has 1 aliphatic rings. The summed E-state index contributed by atoms with van der Waals surface area (Å²) in [6.07, 6.45) is 0. The molecule has 132 valence electrons. The Morgan fingerprint density at radius 3 is 2.73 bits per heavy atom. The van der Waals surface area contributed by atoms with Gasteiger partial charge in [0, 0.05) is 7.05 Å². The Hall–Kier alpha value is -3.28. The number of nitrogens with one attached hydrogen (secondary N) is 1. The van der Waals surface area contributed by atoms with Gasteiger partial charge in [-0.2, -0.15) is 0 Å². The van der Waals surface area contributed by atoms with Gasteiger partial charge in [0.05, 0.1) is 35.9 Å². The molecule has 26 heavy (non-hydrogen) atoms. The number of ether oxygens (including phenoxy) is 1. The Balaban J connectivity index is 1.80. The van der Waals surface area contributed by atoms with E-state index in [1.54, 1.807) is 12.0 Å². The number of aliphatic hydroxyl groups excluding tert-OH is 1. The molecule has 6 nitrogen and oxygen atoms in total. The van der Waals surface area contributed by atoms with Crippen molar-refractivity contribution in [2.45, 2.75) is 6.92 Å². The molecule has 0 bridgehead atoms. The van der Waals surface area contributed by atoms with Crippen molar-refractivity contribution in [3.8, 4) is 5.75 Å². The number of aromatic nitrogens is 2. The minimum atomic E-state index is 0.135. The van der Waals surface area contributed by atoms with E-state index in [-0.39, 0.29) is 18.1 Å². The summed E-state index contributed by atoms with van der Waals surface area (Å²) in [5.41, 5.74) is 4.14. The number of methoxy groups -OCH3 is 1. The second-order valence-corrected chi connectivity index (χ2v) is 6.41. The van der Waals surface area contributed by atoms with Gasteiger partial charge in [-0.25, -0.2) is 4.98 Å². The highest BCUT2D eigenvalue weighted by Gasteiger charge is 2.33. The zero-order valence-electron chi connectivity index (χ0n) is 14.9. The van der Waals surface area contributed by atoms with E-state index in [2.05, 4.69) is 4.98 Å². The van der Waals surface area contributed by atoms with Gasteiger partial charge in [-0.05, 0) is 36.8 Å². The minimum absolute atomic E-state index is 0.135. The van der Waals surface area contributed by atoms with E-state index in [0.29, 0.717) is 17.1 Å². The quantitative estimate of drug-likeness (QED) is 0.757. The van der Waals surface area contributed by atoms with Crippen LogP contribution < -0.4 is 9.64 Å². The molecule has 1 aromatic heterocycles. The lowest BCUT2D eigenvalue weighted by Crippen LogP contribution is -2.26. The van der Waals surface area contributed by atoms with E-state index >= 15 is 0 Å². The normalized spacial score (nSPS) is 14.6. The first-order valence-corrected chi connectivity index (χ1v) is 8.36. The third-order valence-corrected chi connectivity index (χ3v) is 4.74. The molecule has 0 atom stereocenters. The van der Waals surface area contributed by atoms with Gasteiger partial charge in [-0.15, -0.1) is 0 Å². The molecule has 3 aromatic rings. The lowest BCUT2D eigenvalue weighted by molar-refractivity contribution is 0.406. The second-order valence-electron chi connectivity index (χ2n) is 6.41. The SMILES string of the molecule is COc1ccccc1N1CC(O)=C(c2nc3cc(C)ccc3n2C)C1=N. The third kappa shape index (κ3) is 2.34. The number of benzene rings is 2. The van der Waals surface area contributed by atoms with Crippen molar-refractivity contribution in [2.24, 2.45) is 7.05 Å². The summed E-state index contributed by atoms with van der Waals surface area (Å²) in [6, 6.07) is 13.5. The van der Waals surface area contributed by atoms with Crippen LogP contribution >= 0.6 is 0 Å². The van der Waals surface area contributed by atoms with E-state index in [1.165, 1.54) is 0 Å². The van der Waals surface area contributed by atoms with Crippen molar-refractivity contribution in [2.75, 3.05) is 18.6 Å². The molecular weight excluding hydrogens is 328 g/mol. The molecule has 2 N–H and O–H groups in total. The number of amidine groups is 1. The molecule has 6 heteroatoms. The van der Waals surface area contributed by atoms with Crippen LogP contribution in [0.3, 0.4) is 0 Å². The molecular formula is C20H20N4O2.